The molecule has 2 aliphatic carbocycles. The van der Waals surface area contributed by atoms with Crippen LogP contribution in [-0.4, -0.2) is 16.1 Å². The van der Waals surface area contributed by atoms with Crippen LogP contribution >= 0.6 is 0 Å². The average Bonchev–Trinajstić information content (AvgIpc) is 2.95. The minimum Gasteiger partial charge on any atom is -0.474 e. The molecule has 0 aromatic carbocycles. The van der Waals surface area contributed by atoms with Crippen LogP contribution in [-0.2, 0) is 0 Å². The first-order valence-corrected chi connectivity index (χ1v) is 5.40. The van der Waals surface area contributed by atoms with Crippen molar-refractivity contribution < 1.29 is 4.74 Å². The normalized spacial score (nSPS) is 21.7. The molecule has 0 atom stereocenters. The van der Waals surface area contributed by atoms with Crippen molar-refractivity contribution in [2.75, 3.05) is 0 Å². The van der Waals surface area contributed by atoms with Gasteiger partial charge in [0.05, 0.1) is 5.69 Å². The molecule has 1 heterocycles. The molecule has 14 heavy (non-hydrogen) atoms. The summed E-state index contributed by atoms with van der Waals surface area (Å²) >= 11 is 0. The second kappa shape index (κ2) is 3.23. The summed E-state index contributed by atoms with van der Waals surface area (Å²) in [5, 5.41) is 0. The van der Waals surface area contributed by atoms with E-state index in [0.717, 1.165) is 11.6 Å². The maximum atomic E-state index is 5.72. The van der Waals surface area contributed by atoms with E-state index in [1.807, 2.05) is 6.07 Å². The summed E-state index contributed by atoms with van der Waals surface area (Å²) in [7, 11) is 0. The zero-order valence-electron chi connectivity index (χ0n) is 8.15. The molecule has 0 bridgehead atoms. The van der Waals surface area contributed by atoms with E-state index in [-0.39, 0.29) is 0 Å². The smallest absolute Gasteiger partial charge is 0.216 e. The van der Waals surface area contributed by atoms with Crippen molar-refractivity contribution >= 4 is 0 Å². The van der Waals surface area contributed by atoms with Crippen LogP contribution in [0.25, 0.3) is 0 Å². The highest BCUT2D eigenvalue weighted by Crippen LogP contribution is 2.39. The topological polar surface area (TPSA) is 35.0 Å². The third-order valence-electron chi connectivity index (χ3n) is 3.00. The molecule has 0 amide bonds. The molecular weight excluding hydrogens is 176 g/mol. The number of aromatic nitrogens is 2. The molecule has 0 saturated heterocycles. The molecule has 2 saturated carbocycles. The van der Waals surface area contributed by atoms with Crippen molar-refractivity contribution in [3.8, 4) is 5.88 Å². The molecule has 0 spiro atoms. The maximum Gasteiger partial charge on any atom is 0.216 e. The number of ether oxygens (including phenoxy) is 1. The van der Waals surface area contributed by atoms with Gasteiger partial charge in [-0.3, -0.25) is 0 Å². The van der Waals surface area contributed by atoms with Crippen LogP contribution in [0.2, 0.25) is 0 Å². The summed E-state index contributed by atoms with van der Waals surface area (Å²) in [6, 6.07) is 2.01. The number of hydrogen-bond acceptors (Lipinski definition) is 3. The van der Waals surface area contributed by atoms with Crippen molar-refractivity contribution in [1.82, 2.24) is 9.97 Å². The molecule has 0 radical (unpaired) electrons. The standard InChI is InChI=1S/C11H14N2O/c1-2-9(3-1)14-11-6-10(8-4-5-8)12-7-13-11/h6-9H,1-5H2. The largest absolute Gasteiger partial charge is 0.474 e. The highest BCUT2D eigenvalue weighted by atomic mass is 16.5. The van der Waals surface area contributed by atoms with Crippen molar-refractivity contribution in [3.05, 3.63) is 18.1 Å². The first kappa shape index (κ1) is 8.21. The van der Waals surface area contributed by atoms with E-state index in [1.54, 1.807) is 6.33 Å². The van der Waals surface area contributed by atoms with Crippen LogP contribution in [0.4, 0.5) is 0 Å². The average molecular weight is 190 g/mol. The fraction of sp³-hybridized carbons (Fsp3) is 0.636. The van der Waals surface area contributed by atoms with Crippen molar-refractivity contribution in [2.45, 2.75) is 44.1 Å². The molecule has 3 nitrogen and oxygen atoms in total. The van der Waals surface area contributed by atoms with Gasteiger partial charge in [0.25, 0.3) is 0 Å². The van der Waals surface area contributed by atoms with Gasteiger partial charge in [-0.2, -0.15) is 0 Å². The van der Waals surface area contributed by atoms with Gasteiger partial charge in [-0.05, 0) is 32.1 Å². The van der Waals surface area contributed by atoms with Crippen molar-refractivity contribution in [1.29, 1.82) is 0 Å². The predicted molar refractivity (Wildman–Crippen MR) is 52.3 cm³/mol. The molecule has 74 valence electrons. The van der Waals surface area contributed by atoms with Crippen LogP contribution in [0.15, 0.2) is 12.4 Å². The van der Waals surface area contributed by atoms with Gasteiger partial charge in [0.1, 0.15) is 12.4 Å². The van der Waals surface area contributed by atoms with Gasteiger partial charge < -0.3 is 4.74 Å². The molecular formula is C11H14N2O. The Balaban J connectivity index is 1.72. The van der Waals surface area contributed by atoms with Gasteiger partial charge in [0.2, 0.25) is 5.88 Å². The SMILES string of the molecule is c1nc(OC2CCC2)cc(C2CC2)n1. The predicted octanol–water partition coefficient (Wildman–Crippen LogP) is 2.29. The Morgan fingerprint density at radius 1 is 1.14 bits per heavy atom. The van der Waals surface area contributed by atoms with E-state index in [2.05, 4.69) is 9.97 Å². The van der Waals surface area contributed by atoms with Crippen LogP contribution in [0, 0.1) is 0 Å². The van der Waals surface area contributed by atoms with E-state index in [0.29, 0.717) is 12.0 Å². The summed E-state index contributed by atoms with van der Waals surface area (Å²) in [6.45, 7) is 0. The zero-order chi connectivity index (χ0) is 9.38. The zero-order valence-corrected chi connectivity index (χ0v) is 8.15. The minimum atomic E-state index is 0.414. The highest BCUT2D eigenvalue weighted by Gasteiger charge is 2.26. The van der Waals surface area contributed by atoms with Crippen LogP contribution in [0.5, 0.6) is 5.88 Å². The number of hydrogen-bond donors (Lipinski definition) is 0. The van der Waals surface area contributed by atoms with E-state index < -0.39 is 0 Å². The van der Waals surface area contributed by atoms with Gasteiger partial charge in [0, 0.05) is 12.0 Å². The third kappa shape index (κ3) is 1.59. The Kier molecular flexibility index (Phi) is 1.89. The van der Waals surface area contributed by atoms with Crippen LogP contribution in [0.1, 0.15) is 43.7 Å². The van der Waals surface area contributed by atoms with E-state index >= 15 is 0 Å². The lowest BCUT2D eigenvalue weighted by Gasteiger charge is -2.25. The quantitative estimate of drug-likeness (QED) is 0.733. The molecule has 0 aliphatic heterocycles. The Morgan fingerprint density at radius 2 is 2.00 bits per heavy atom. The van der Waals surface area contributed by atoms with Gasteiger partial charge in [-0.15, -0.1) is 0 Å². The second-order valence-electron chi connectivity index (χ2n) is 4.23. The molecule has 1 aromatic rings. The molecule has 1 aromatic heterocycles. The fourth-order valence-corrected chi connectivity index (χ4v) is 1.68. The first-order chi connectivity index (χ1) is 6.92. The van der Waals surface area contributed by atoms with Gasteiger partial charge in [-0.25, -0.2) is 9.97 Å². The highest BCUT2D eigenvalue weighted by molar-refractivity contribution is 5.20. The molecule has 2 fully saturated rings. The summed E-state index contributed by atoms with van der Waals surface area (Å²) in [5.41, 5.74) is 1.16. The lowest BCUT2D eigenvalue weighted by Crippen LogP contribution is -2.25. The van der Waals surface area contributed by atoms with Crippen molar-refractivity contribution in [2.24, 2.45) is 0 Å². The summed E-state index contributed by atoms with van der Waals surface area (Å²) in [5.74, 6) is 1.45. The lowest BCUT2D eigenvalue weighted by molar-refractivity contribution is 0.114. The fourth-order valence-electron chi connectivity index (χ4n) is 1.68. The second-order valence-corrected chi connectivity index (χ2v) is 4.23. The van der Waals surface area contributed by atoms with Gasteiger partial charge in [-0.1, -0.05) is 0 Å². The van der Waals surface area contributed by atoms with E-state index in [1.165, 1.54) is 32.1 Å². The monoisotopic (exact) mass is 190 g/mol. The summed E-state index contributed by atoms with van der Waals surface area (Å²) < 4.78 is 5.72. The molecule has 2 aliphatic rings. The Bertz CT molecular complexity index is 332. The number of rotatable bonds is 3. The maximum absolute atomic E-state index is 5.72. The van der Waals surface area contributed by atoms with Crippen molar-refractivity contribution in [3.63, 3.8) is 0 Å². The van der Waals surface area contributed by atoms with Crippen LogP contribution in [0.3, 0.4) is 0 Å². The molecule has 3 heteroatoms. The van der Waals surface area contributed by atoms with Crippen LogP contribution < -0.4 is 4.74 Å². The van der Waals surface area contributed by atoms with Gasteiger partial charge in [0.15, 0.2) is 0 Å². The Labute approximate surface area is 83.5 Å². The Morgan fingerprint density at radius 3 is 2.64 bits per heavy atom. The lowest BCUT2D eigenvalue weighted by atomic mass is 9.96. The molecule has 0 N–H and O–H groups in total. The molecule has 0 unspecified atom stereocenters. The first-order valence-electron chi connectivity index (χ1n) is 5.40. The third-order valence-corrected chi connectivity index (χ3v) is 3.00. The summed E-state index contributed by atoms with van der Waals surface area (Å²) in [6.07, 6.45) is 8.26. The van der Waals surface area contributed by atoms with E-state index in [4.69, 9.17) is 4.74 Å². The van der Waals surface area contributed by atoms with Gasteiger partial charge >= 0.3 is 0 Å². The Hall–Kier alpha value is -1.12. The summed E-state index contributed by atoms with van der Waals surface area (Å²) in [4.78, 5) is 8.40. The number of nitrogens with zero attached hydrogens (tertiary/aromatic N) is 2. The van der Waals surface area contributed by atoms with E-state index in [9.17, 15) is 0 Å². The molecule has 3 rings (SSSR count). The minimum absolute atomic E-state index is 0.414.